The zero-order valence-corrected chi connectivity index (χ0v) is 10.3. The number of anilines is 2. The van der Waals surface area contributed by atoms with Crippen molar-refractivity contribution >= 4 is 28.9 Å². The van der Waals surface area contributed by atoms with Crippen LogP contribution in [0.15, 0.2) is 36.4 Å². The Morgan fingerprint density at radius 2 is 1.84 bits per heavy atom. The third kappa shape index (κ3) is 3.00. The summed E-state index contributed by atoms with van der Waals surface area (Å²) in [6.07, 6.45) is 0. The van der Waals surface area contributed by atoms with Crippen LogP contribution in [-0.2, 0) is 0 Å². The number of nitrogens with one attached hydrogen (secondary N) is 1. The summed E-state index contributed by atoms with van der Waals surface area (Å²) in [5, 5.41) is 2.57. The fourth-order valence-corrected chi connectivity index (χ4v) is 1.63. The summed E-state index contributed by atoms with van der Waals surface area (Å²) in [7, 11) is 0. The largest absolute Gasteiger partial charge is 0.396 e. The minimum atomic E-state index is -0.657. The molecule has 0 aliphatic rings. The monoisotopic (exact) mass is 282 g/mol. The Kier molecular flexibility index (Phi) is 3.66. The standard InChI is InChI=1S/C13H9ClF2N2O/c14-8-2-4-12(10(16)6-8)18-13(19)7-1-3-9(15)11(17)5-7/h1-6H,17H2,(H,18,19). The van der Waals surface area contributed by atoms with Crippen LogP contribution in [0.1, 0.15) is 10.4 Å². The Hall–Kier alpha value is -2.14. The van der Waals surface area contributed by atoms with Gasteiger partial charge in [-0.3, -0.25) is 4.79 Å². The van der Waals surface area contributed by atoms with Crippen molar-refractivity contribution in [1.82, 2.24) is 0 Å². The first-order chi connectivity index (χ1) is 8.97. The van der Waals surface area contributed by atoms with Gasteiger partial charge in [-0.25, -0.2) is 8.78 Å². The van der Waals surface area contributed by atoms with Crippen LogP contribution in [0.5, 0.6) is 0 Å². The molecule has 1 amide bonds. The van der Waals surface area contributed by atoms with Crippen molar-refractivity contribution in [3.05, 3.63) is 58.6 Å². The smallest absolute Gasteiger partial charge is 0.255 e. The van der Waals surface area contributed by atoms with Gasteiger partial charge in [-0.15, -0.1) is 0 Å². The van der Waals surface area contributed by atoms with E-state index in [9.17, 15) is 13.6 Å². The second-order valence-electron chi connectivity index (χ2n) is 3.81. The molecular formula is C13H9ClF2N2O. The third-order valence-corrected chi connectivity index (χ3v) is 2.67. The number of hydrogen-bond acceptors (Lipinski definition) is 2. The maximum absolute atomic E-state index is 13.5. The fourth-order valence-electron chi connectivity index (χ4n) is 1.47. The molecule has 0 atom stereocenters. The lowest BCUT2D eigenvalue weighted by atomic mass is 10.1. The van der Waals surface area contributed by atoms with E-state index in [0.717, 1.165) is 12.1 Å². The Morgan fingerprint density at radius 1 is 1.11 bits per heavy atom. The van der Waals surface area contributed by atoms with Crippen LogP contribution in [0, 0.1) is 11.6 Å². The molecule has 0 heterocycles. The van der Waals surface area contributed by atoms with Crippen molar-refractivity contribution in [3.8, 4) is 0 Å². The number of amides is 1. The normalized spacial score (nSPS) is 10.3. The molecule has 3 nitrogen and oxygen atoms in total. The molecule has 2 aromatic carbocycles. The molecule has 6 heteroatoms. The molecule has 0 bridgehead atoms. The molecule has 0 saturated heterocycles. The summed E-state index contributed by atoms with van der Waals surface area (Å²) in [6.45, 7) is 0. The molecular weight excluding hydrogens is 274 g/mol. The molecule has 0 fully saturated rings. The number of hydrogen-bond donors (Lipinski definition) is 2. The Bertz CT molecular complexity index is 647. The number of benzene rings is 2. The van der Waals surface area contributed by atoms with Crippen molar-refractivity contribution in [2.45, 2.75) is 0 Å². The van der Waals surface area contributed by atoms with Gasteiger partial charge in [0, 0.05) is 10.6 Å². The summed E-state index contributed by atoms with van der Waals surface area (Å²) in [5.74, 6) is -1.86. The predicted octanol–water partition coefficient (Wildman–Crippen LogP) is 3.45. The maximum Gasteiger partial charge on any atom is 0.255 e. The first-order valence-corrected chi connectivity index (χ1v) is 5.66. The highest BCUT2D eigenvalue weighted by Gasteiger charge is 2.11. The van der Waals surface area contributed by atoms with Gasteiger partial charge < -0.3 is 11.1 Å². The topological polar surface area (TPSA) is 55.1 Å². The molecule has 0 aliphatic heterocycles. The highest BCUT2D eigenvalue weighted by molar-refractivity contribution is 6.30. The minimum absolute atomic E-state index is 0.0164. The fraction of sp³-hybridized carbons (Fsp3) is 0. The molecule has 2 rings (SSSR count). The van der Waals surface area contributed by atoms with Crippen molar-refractivity contribution in [2.75, 3.05) is 11.1 Å². The van der Waals surface area contributed by atoms with Crippen LogP contribution in [0.4, 0.5) is 20.2 Å². The molecule has 98 valence electrons. The highest BCUT2D eigenvalue weighted by atomic mass is 35.5. The van der Waals surface area contributed by atoms with Crippen molar-refractivity contribution in [3.63, 3.8) is 0 Å². The van der Waals surface area contributed by atoms with Gasteiger partial charge in [0.15, 0.2) is 0 Å². The molecule has 19 heavy (non-hydrogen) atoms. The van der Waals surface area contributed by atoms with E-state index in [1.165, 1.54) is 24.3 Å². The Labute approximate surface area is 113 Å². The van der Waals surface area contributed by atoms with Crippen LogP contribution in [0.3, 0.4) is 0 Å². The van der Waals surface area contributed by atoms with Crippen molar-refractivity contribution in [2.24, 2.45) is 0 Å². The van der Waals surface area contributed by atoms with E-state index in [1.807, 2.05) is 0 Å². The summed E-state index contributed by atoms with van der Waals surface area (Å²) < 4.78 is 26.5. The number of carbonyl (C=O) groups excluding carboxylic acids is 1. The van der Waals surface area contributed by atoms with E-state index < -0.39 is 17.5 Å². The van der Waals surface area contributed by atoms with Gasteiger partial charge in [0.05, 0.1) is 11.4 Å². The van der Waals surface area contributed by atoms with Gasteiger partial charge in [0.1, 0.15) is 11.6 Å². The van der Waals surface area contributed by atoms with Gasteiger partial charge in [-0.05, 0) is 36.4 Å². The van der Waals surface area contributed by atoms with E-state index in [4.69, 9.17) is 17.3 Å². The van der Waals surface area contributed by atoms with Crippen LogP contribution in [0.2, 0.25) is 5.02 Å². The second kappa shape index (κ2) is 5.24. The molecule has 0 unspecified atom stereocenters. The van der Waals surface area contributed by atoms with Crippen molar-refractivity contribution in [1.29, 1.82) is 0 Å². The Morgan fingerprint density at radius 3 is 2.47 bits per heavy atom. The average molecular weight is 283 g/mol. The molecule has 0 radical (unpaired) electrons. The molecule has 0 saturated carbocycles. The molecule has 2 aromatic rings. The number of nitrogens with two attached hydrogens (primary N) is 1. The van der Waals surface area contributed by atoms with Gasteiger partial charge in [-0.1, -0.05) is 11.6 Å². The third-order valence-electron chi connectivity index (χ3n) is 2.44. The lowest BCUT2D eigenvalue weighted by Crippen LogP contribution is -2.13. The maximum atomic E-state index is 13.5. The molecule has 0 spiro atoms. The second-order valence-corrected chi connectivity index (χ2v) is 4.25. The SMILES string of the molecule is Nc1cc(C(=O)Nc2ccc(Cl)cc2F)ccc1F. The van der Waals surface area contributed by atoms with E-state index in [0.29, 0.717) is 0 Å². The van der Waals surface area contributed by atoms with E-state index in [-0.39, 0.29) is 22.0 Å². The van der Waals surface area contributed by atoms with Gasteiger partial charge in [0.25, 0.3) is 5.91 Å². The molecule has 0 aliphatic carbocycles. The zero-order valence-electron chi connectivity index (χ0n) is 9.58. The van der Waals surface area contributed by atoms with Crippen LogP contribution in [-0.4, -0.2) is 5.91 Å². The van der Waals surface area contributed by atoms with Crippen molar-refractivity contribution < 1.29 is 13.6 Å². The Balaban J connectivity index is 2.23. The summed E-state index contributed by atoms with van der Waals surface area (Å²) >= 11 is 5.60. The first kappa shape index (κ1) is 13.3. The van der Waals surface area contributed by atoms with Gasteiger partial charge in [-0.2, -0.15) is 0 Å². The molecule has 0 aromatic heterocycles. The lowest BCUT2D eigenvalue weighted by molar-refractivity contribution is 0.102. The van der Waals surface area contributed by atoms with E-state index in [2.05, 4.69) is 5.32 Å². The number of carbonyl (C=O) groups is 1. The number of halogens is 3. The summed E-state index contributed by atoms with van der Waals surface area (Å²) in [6, 6.07) is 7.37. The quantitative estimate of drug-likeness (QED) is 0.829. The van der Waals surface area contributed by atoms with E-state index in [1.54, 1.807) is 0 Å². The van der Waals surface area contributed by atoms with Crippen LogP contribution >= 0.6 is 11.6 Å². The summed E-state index contributed by atoms with van der Waals surface area (Å²) in [4.78, 5) is 11.8. The van der Waals surface area contributed by atoms with Gasteiger partial charge >= 0.3 is 0 Å². The zero-order chi connectivity index (χ0) is 14.0. The van der Waals surface area contributed by atoms with Gasteiger partial charge in [0.2, 0.25) is 0 Å². The lowest BCUT2D eigenvalue weighted by Gasteiger charge is -2.07. The average Bonchev–Trinajstić information content (AvgIpc) is 2.36. The van der Waals surface area contributed by atoms with Crippen LogP contribution in [0.25, 0.3) is 0 Å². The number of rotatable bonds is 2. The first-order valence-electron chi connectivity index (χ1n) is 5.29. The number of nitrogen functional groups attached to an aromatic ring is 1. The highest BCUT2D eigenvalue weighted by Crippen LogP contribution is 2.20. The minimum Gasteiger partial charge on any atom is -0.396 e. The molecule has 3 N–H and O–H groups in total. The van der Waals surface area contributed by atoms with Crippen LogP contribution < -0.4 is 11.1 Å². The predicted molar refractivity (Wildman–Crippen MR) is 70.2 cm³/mol. The van der Waals surface area contributed by atoms with E-state index >= 15 is 0 Å². The summed E-state index contributed by atoms with van der Waals surface area (Å²) in [5.41, 5.74) is 5.32.